The summed E-state index contributed by atoms with van der Waals surface area (Å²) in [4.78, 5) is 24.0. The van der Waals surface area contributed by atoms with Gasteiger partial charge in [0.1, 0.15) is 6.33 Å². The van der Waals surface area contributed by atoms with Crippen LogP contribution in [0.1, 0.15) is 46.2 Å². The maximum atomic E-state index is 13.4. The molecule has 1 fully saturated rings. The fourth-order valence-corrected chi connectivity index (χ4v) is 4.32. The Hall–Kier alpha value is -3.02. The molecule has 1 saturated heterocycles. The lowest BCUT2D eigenvalue weighted by atomic mass is 9.98. The van der Waals surface area contributed by atoms with Gasteiger partial charge >= 0.3 is 0 Å². The van der Waals surface area contributed by atoms with Gasteiger partial charge in [-0.1, -0.05) is 18.2 Å². The zero-order valence-corrected chi connectivity index (χ0v) is 14.5. The van der Waals surface area contributed by atoms with Crippen LogP contribution in [-0.4, -0.2) is 36.6 Å². The number of hydrogen-bond acceptors (Lipinski definition) is 4. The zero-order chi connectivity index (χ0) is 17.7. The molecule has 2 atom stereocenters. The molecule has 2 aliphatic rings. The second-order valence-corrected chi connectivity index (χ2v) is 6.98. The second-order valence-electron chi connectivity index (χ2n) is 6.98. The third-order valence-electron chi connectivity index (χ3n) is 5.59. The highest BCUT2D eigenvalue weighted by Crippen LogP contribution is 2.43. The maximum absolute atomic E-state index is 13.4. The summed E-state index contributed by atoms with van der Waals surface area (Å²) in [6.07, 6.45) is 7.97. The topological polar surface area (TPSA) is 63.9 Å². The minimum absolute atomic E-state index is 0.0617. The Morgan fingerprint density at radius 1 is 1.15 bits per heavy atom. The summed E-state index contributed by atoms with van der Waals surface area (Å²) in [7, 11) is 0. The first kappa shape index (κ1) is 15.3. The van der Waals surface area contributed by atoms with E-state index in [2.05, 4.69) is 15.1 Å². The summed E-state index contributed by atoms with van der Waals surface area (Å²) in [6.45, 7) is 1.95. The molecule has 0 aliphatic carbocycles. The van der Waals surface area contributed by atoms with E-state index in [1.165, 1.54) is 0 Å². The van der Waals surface area contributed by atoms with Crippen molar-refractivity contribution < 1.29 is 4.79 Å². The Labute approximate surface area is 151 Å². The Kier molecular flexibility index (Phi) is 3.38. The van der Waals surface area contributed by atoms with Crippen molar-refractivity contribution >= 4 is 5.91 Å². The van der Waals surface area contributed by atoms with E-state index in [1.54, 1.807) is 12.5 Å². The fraction of sp³-hybridized carbons (Fsp3) is 0.300. The van der Waals surface area contributed by atoms with Gasteiger partial charge < -0.3 is 4.90 Å². The lowest BCUT2D eigenvalue weighted by Gasteiger charge is -2.35. The molecule has 130 valence electrons. The summed E-state index contributed by atoms with van der Waals surface area (Å²) in [6, 6.07) is 10.2. The van der Waals surface area contributed by atoms with Crippen LogP contribution < -0.4 is 0 Å². The normalized spacial score (nSPS) is 20.9. The fourth-order valence-electron chi connectivity index (χ4n) is 4.32. The third-order valence-corrected chi connectivity index (χ3v) is 5.59. The van der Waals surface area contributed by atoms with Crippen LogP contribution in [-0.2, 0) is 6.42 Å². The van der Waals surface area contributed by atoms with Crippen LogP contribution >= 0.6 is 0 Å². The Morgan fingerprint density at radius 3 is 2.85 bits per heavy atom. The van der Waals surface area contributed by atoms with Gasteiger partial charge in [0.05, 0.1) is 34.9 Å². The summed E-state index contributed by atoms with van der Waals surface area (Å²) >= 11 is 0. The summed E-state index contributed by atoms with van der Waals surface area (Å²) in [5.74, 6) is 0.0617. The first-order valence-electron chi connectivity index (χ1n) is 8.95. The van der Waals surface area contributed by atoms with Crippen molar-refractivity contribution in [1.29, 1.82) is 0 Å². The molecule has 1 aromatic carbocycles. The number of amides is 1. The lowest BCUT2D eigenvalue weighted by molar-refractivity contribution is 0.0643. The van der Waals surface area contributed by atoms with Gasteiger partial charge in [0.15, 0.2) is 0 Å². The highest BCUT2D eigenvalue weighted by atomic mass is 16.2. The number of benzene rings is 1. The average molecular weight is 345 g/mol. The molecular formula is C20H19N5O. The van der Waals surface area contributed by atoms with Crippen LogP contribution in [0, 0.1) is 6.92 Å². The van der Waals surface area contributed by atoms with Crippen LogP contribution in [0.5, 0.6) is 0 Å². The van der Waals surface area contributed by atoms with Gasteiger partial charge in [-0.15, -0.1) is 0 Å². The second kappa shape index (κ2) is 5.76. The number of nitrogens with zero attached hydrogens (tertiary/aromatic N) is 5. The van der Waals surface area contributed by atoms with Crippen molar-refractivity contribution in [3.05, 3.63) is 71.6 Å². The largest absolute Gasteiger partial charge is 0.328 e. The number of carbonyl (C=O) groups is 1. The van der Waals surface area contributed by atoms with Crippen molar-refractivity contribution in [2.45, 2.75) is 38.3 Å². The van der Waals surface area contributed by atoms with E-state index >= 15 is 0 Å². The number of carbonyl (C=O) groups excluding carboxylic acids is 1. The van der Waals surface area contributed by atoms with Crippen molar-refractivity contribution in [3.63, 3.8) is 0 Å². The van der Waals surface area contributed by atoms with E-state index in [0.29, 0.717) is 5.56 Å². The van der Waals surface area contributed by atoms with E-state index < -0.39 is 0 Å². The quantitative estimate of drug-likeness (QED) is 0.716. The van der Waals surface area contributed by atoms with Crippen molar-refractivity contribution in [3.8, 4) is 5.69 Å². The van der Waals surface area contributed by atoms with Gasteiger partial charge in [-0.3, -0.25) is 4.79 Å². The number of para-hydroxylation sites is 1. The summed E-state index contributed by atoms with van der Waals surface area (Å²) in [5, 5.41) is 4.46. The van der Waals surface area contributed by atoms with Crippen LogP contribution in [0.2, 0.25) is 0 Å². The minimum Gasteiger partial charge on any atom is -0.328 e. The van der Waals surface area contributed by atoms with E-state index in [4.69, 9.17) is 0 Å². The smallest absolute Gasteiger partial charge is 0.258 e. The molecule has 2 aliphatic heterocycles. The molecule has 0 radical (unpaired) electrons. The van der Waals surface area contributed by atoms with Crippen molar-refractivity contribution in [1.82, 2.24) is 24.6 Å². The van der Waals surface area contributed by atoms with Crippen molar-refractivity contribution in [2.24, 2.45) is 0 Å². The highest BCUT2D eigenvalue weighted by molar-refractivity contribution is 5.96. The predicted octanol–water partition coefficient (Wildman–Crippen LogP) is 2.87. The van der Waals surface area contributed by atoms with Gasteiger partial charge in [0.25, 0.3) is 5.91 Å². The maximum Gasteiger partial charge on any atom is 0.258 e. The Morgan fingerprint density at radius 2 is 2.00 bits per heavy atom. The van der Waals surface area contributed by atoms with Crippen LogP contribution in [0.25, 0.3) is 5.69 Å². The van der Waals surface area contributed by atoms with Gasteiger partial charge in [0.2, 0.25) is 0 Å². The van der Waals surface area contributed by atoms with Crippen LogP contribution in [0.4, 0.5) is 0 Å². The molecule has 2 bridgehead atoms. The SMILES string of the molecule is Cc1c(C(=O)N2C3CCC2c2cncnc2C3)cnn1-c1ccccc1. The first-order chi connectivity index (χ1) is 12.7. The van der Waals surface area contributed by atoms with Gasteiger partial charge in [-0.25, -0.2) is 14.6 Å². The van der Waals surface area contributed by atoms with E-state index in [1.807, 2.05) is 53.0 Å². The molecule has 1 amide bonds. The Bertz CT molecular complexity index is 981. The molecule has 5 rings (SSSR count). The molecule has 2 aromatic heterocycles. The standard InChI is InChI=1S/C20H19N5O/c1-13-16(11-23-25(13)14-5-3-2-4-6-14)20(26)24-15-7-8-19(24)17-10-21-12-22-18(17)9-15/h2-6,10-12,15,19H,7-9H2,1H3. The molecule has 0 spiro atoms. The predicted molar refractivity (Wildman–Crippen MR) is 96.0 cm³/mol. The van der Waals surface area contributed by atoms with Gasteiger partial charge in [-0.05, 0) is 31.9 Å². The summed E-state index contributed by atoms with van der Waals surface area (Å²) in [5.41, 5.74) is 4.70. The van der Waals surface area contributed by atoms with E-state index in [9.17, 15) is 4.79 Å². The molecule has 4 heterocycles. The van der Waals surface area contributed by atoms with Crippen LogP contribution in [0.3, 0.4) is 0 Å². The van der Waals surface area contributed by atoms with E-state index in [0.717, 1.165) is 41.9 Å². The average Bonchev–Trinajstić information content (AvgIpc) is 3.21. The molecule has 26 heavy (non-hydrogen) atoms. The molecule has 3 aromatic rings. The number of aromatic nitrogens is 4. The highest BCUT2D eigenvalue weighted by Gasteiger charge is 2.44. The molecular weight excluding hydrogens is 326 g/mol. The molecule has 0 saturated carbocycles. The monoisotopic (exact) mass is 345 g/mol. The molecule has 6 nitrogen and oxygen atoms in total. The molecule has 2 unspecified atom stereocenters. The molecule has 0 N–H and O–H groups in total. The zero-order valence-electron chi connectivity index (χ0n) is 14.5. The number of rotatable bonds is 2. The van der Waals surface area contributed by atoms with Gasteiger partial charge in [0, 0.05) is 24.2 Å². The Balaban J connectivity index is 1.51. The van der Waals surface area contributed by atoms with Crippen molar-refractivity contribution in [2.75, 3.05) is 0 Å². The number of hydrogen-bond donors (Lipinski definition) is 0. The number of fused-ring (bicyclic) bond motifs is 4. The van der Waals surface area contributed by atoms with E-state index in [-0.39, 0.29) is 18.0 Å². The van der Waals surface area contributed by atoms with Crippen LogP contribution in [0.15, 0.2) is 49.1 Å². The molecule has 6 heteroatoms. The van der Waals surface area contributed by atoms with Gasteiger partial charge in [-0.2, -0.15) is 5.10 Å². The lowest BCUT2D eigenvalue weighted by Crippen LogP contribution is -2.42. The minimum atomic E-state index is 0.0617. The summed E-state index contributed by atoms with van der Waals surface area (Å²) < 4.78 is 1.83. The first-order valence-corrected chi connectivity index (χ1v) is 8.95. The third kappa shape index (κ3) is 2.18.